The number of H-pyrrole nitrogens is 1. The van der Waals surface area contributed by atoms with Gasteiger partial charge in [0.05, 0.1) is 17.3 Å². The zero-order valence-electron chi connectivity index (χ0n) is 12.7. The van der Waals surface area contributed by atoms with Crippen molar-refractivity contribution < 1.29 is 14.7 Å². The summed E-state index contributed by atoms with van der Waals surface area (Å²) in [6, 6.07) is 11.3. The SMILES string of the molecule is O=C(NCCNC(=O)c1cccc2cn[nH]c12)c1ccc(O)cc1. The second-order valence-electron chi connectivity index (χ2n) is 5.20. The summed E-state index contributed by atoms with van der Waals surface area (Å²) in [5, 5.41) is 22.2. The second kappa shape index (κ2) is 6.82. The number of phenolic OH excluding ortho intramolecular Hbond substituents is 1. The number of amides is 2. The summed E-state index contributed by atoms with van der Waals surface area (Å²) < 4.78 is 0. The van der Waals surface area contributed by atoms with Gasteiger partial charge in [-0.25, -0.2) is 0 Å². The summed E-state index contributed by atoms with van der Waals surface area (Å²) in [5.74, 6) is -0.393. The molecule has 1 aromatic heterocycles. The molecule has 0 aliphatic heterocycles. The van der Waals surface area contributed by atoms with Crippen LogP contribution >= 0.6 is 0 Å². The van der Waals surface area contributed by atoms with Crippen LogP contribution in [0, 0.1) is 0 Å². The molecule has 4 N–H and O–H groups in total. The second-order valence-corrected chi connectivity index (χ2v) is 5.20. The first-order valence-electron chi connectivity index (χ1n) is 7.42. The Morgan fingerprint density at radius 3 is 2.46 bits per heavy atom. The van der Waals surface area contributed by atoms with Crippen molar-refractivity contribution >= 4 is 22.7 Å². The molecule has 0 radical (unpaired) electrons. The fourth-order valence-corrected chi connectivity index (χ4v) is 2.32. The van der Waals surface area contributed by atoms with E-state index >= 15 is 0 Å². The fourth-order valence-electron chi connectivity index (χ4n) is 2.32. The van der Waals surface area contributed by atoms with Crippen molar-refractivity contribution in [3.05, 3.63) is 59.8 Å². The van der Waals surface area contributed by atoms with Gasteiger partial charge in [0.25, 0.3) is 11.8 Å². The normalized spacial score (nSPS) is 10.5. The maximum absolute atomic E-state index is 12.2. The molecule has 7 nitrogen and oxygen atoms in total. The van der Waals surface area contributed by atoms with Crippen molar-refractivity contribution in [1.82, 2.24) is 20.8 Å². The number of hydrogen-bond acceptors (Lipinski definition) is 4. The van der Waals surface area contributed by atoms with E-state index in [-0.39, 0.29) is 17.6 Å². The van der Waals surface area contributed by atoms with Gasteiger partial charge >= 0.3 is 0 Å². The largest absolute Gasteiger partial charge is 0.508 e. The third kappa shape index (κ3) is 3.35. The molecule has 0 unspecified atom stereocenters. The van der Waals surface area contributed by atoms with Crippen LogP contribution in [-0.2, 0) is 0 Å². The van der Waals surface area contributed by atoms with Gasteiger partial charge in [0, 0.05) is 24.0 Å². The first kappa shape index (κ1) is 15.5. The van der Waals surface area contributed by atoms with E-state index in [9.17, 15) is 14.7 Å². The molecule has 3 rings (SSSR count). The monoisotopic (exact) mass is 324 g/mol. The molecule has 24 heavy (non-hydrogen) atoms. The Morgan fingerprint density at radius 2 is 1.71 bits per heavy atom. The lowest BCUT2D eigenvalue weighted by atomic mass is 10.1. The lowest BCUT2D eigenvalue weighted by Crippen LogP contribution is -2.34. The van der Waals surface area contributed by atoms with Crippen LogP contribution in [-0.4, -0.2) is 40.2 Å². The molecule has 0 fully saturated rings. The Balaban J connectivity index is 1.51. The predicted octanol–water partition coefficient (Wildman–Crippen LogP) is 1.43. The minimum Gasteiger partial charge on any atom is -0.508 e. The van der Waals surface area contributed by atoms with Crippen LogP contribution in [0.25, 0.3) is 10.9 Å². The summed E-state index contributed by atoms with van der Waals surface area (Å²) in [4.78, 5) is 24.1. The fraction of sp³-hybridized carbons (Fsp3) is 0.118. The summed E-state index contributed by atoms with van der Waals surface area (Å²) in [5.41, 5.74) is 1.64. The van der Waals surface area contributed by atoms with Gasteiger partial charge in [-0.2, -0.15) is 5.10 Å². The number of carbonyl (C=O) groups excluding carboxylic acids is 2. The number of rotatable bonds is 5. The van der Waals surface area contributed by atoms with Crippen molar-refractivity contribution in [2.24, 2.45) is 0 Å². The molecule has 0 atom stereocenters. The molecule has 0 saturated heterocycles. The highest BCUT2D eigenvalue weighted by molar-refractivity contribution is 6.05. The number of phenols is 1. The summed E-state index contributed by atoms with van der Waals surface area (Å²) in [7, 11) is 0. The molecule has 2 aromatic carbocycles. The summed E-state index contributed by atoms with van der Waals surface area (Å²) >= 11 is 0. The summed E-state index contributed by atoms with van der Waals surface area (Å²) in [6.07, 6.45) is 1.66. The van der Waals surface area contributed by atoms with E-state index in [1.54, 1.807) is 18.3 Å². The smallest absolute Gasteiger partial charge is 0.253 e. The molecule has 0 aliphatic rings. The van der Waals surface area contributed by atoms with Crippen LogP contribution < -0.4 is 10.6 Å². The van der Waals surface area contributed by atoms with Crippen LogP contribution in [0.2, 0.25) is 0 Å². The van der Waals surface area contributed by atoms with E-state index < -0.39 is 0 Å². The first-order chi connectivity index (χ1) is 11.6. The Morgan fingerprint density at radius 1 is 1.00 bits per heavy atom. The minimum absolute atomic E-state index is 0.104. The zero-order valence-corrected chi connectivity index (χ0v) is 12.7. The van der Waals surface area contributed by atoms with E-state index in [1.807, 2.05) is 6.07 Å². The minimum atomic E-state index is -0.264. The number of nitrogens with one attached hydrogen (secondary N) is 3. The van der Waals surface area contributed by atoms with Crippen molar-refractivity contribution in [2.45, 2.75) is 0 Å². The number of nitrogens with zero attached hydrogens (tertiary/aromatic N) is 1. The highest BCUT2D eigenvalue weighted by Crippen LogP contribution is 2.15. The van der Waals surface area contributed by atoms with Crippen molar-refractivity contribution in [2.75, 3.05) is 13.1 Å². The Labute approximate surface area is 137 Å². The van der Waals surface area contributed by atoms with Gasteiger partial charge in [0.15, 0.2) is 0 Å². The van der Waals surface area contributed by atoms with Crippen LogP contribution in [0.1, 0.15) is 20.7 Å². The predicted molar refractivity (Wildman–Crippen MR) is 88.9 cm³/mol. The van der Waals surface area contributed by atoms with Crippen molar-refractivity contribution in [3.63, 3.8) is 0 Å². The number of hydrogen-bond donors (Lipinski definition) is 4. The van der Waals surface area contributed by atoms with Crippen LogP contribution in [0.4, 0.5) is 0 Å². The Hall–Kier alpha value is -3.35. The number of aromatic nitrogens is 2. The van der Waals surface area contributed by atoms with Crippen LogP contribution in [0.3, 0.4) is 0 Å². The highest BCUT2D eigenvalue weighted by Gasteiger charge is 2.11. The van der Waals surface area contributed by atoms with E-state index in [0.29, 0.717) is 29.7 Å². The molecule has 122 valence electrons. The van der Waals surface area contributed by atoms with E-state index in [4.69, 9.17) is 0 Å². The lowest BCUT2D eigenvalue weighted by Gasteiger charge is -2.08. The van der Waals surface area contributed by atoms with Crippen molar-refractivity contribution in [3.8, 4) is 5.75 Å². The summed E-state index contributed by atoms with van der Waals surface area (Å²) in [6.45, 7) is 0.595. The number of aromatic hydroxyl groups is 1. The zero-order chi connectivity index (χ0) is 16.9. The maximum Gasteiger partial charge on any atom is 0.253 e. The number of carbonyl (C=O) groups is 2. The Kier molecular flexibility index (Phi) is 4.42. The maximum atomic E-state index is 12.2. The molecule has 0 saturated carbocycles. The molecule has 0 spiro atoms. The highest BCUT2D eigenvalue weighted by atomic mass is 16.3. The standard InChI is InChI=1S/C17H16N4O3/c22-13-6-4-11(5-7-13)16(23)18-8-9-19-17(24)14-3-1-2-12-10-20-21-15(12)14/h1-7,10,22H,8-9H2,(H,18,23)(H,19,24)(H,20,21). The topological polar surface area (TPSA) is 107 Å². The van der Waals surface area contributed by atoms with Crippen LogP contribution in [0.15, 0.2) is 48.7 Å². The average molecular weight is 324 g/mol. The van der Waals surface area contributed by atoms with Gasteiger partial charge in [-0.3, -0.25) is 14.7 Å². The molecular weight excluding hydrogens is 308 g/mol. The average Bonchev–Trinajstić information content (AvgIpc) is 3.07. The molecule has 0 bridgehead atoms. The lowest BCUT2D eigenvalue weighted by molar-refractivity contribution is 0.0928. The van der Waals surface area contributed by atoms with E-state index in [1.165, 1.54) is 24.3 Å². The Bertz CT molecular complexity index is 871. The quantitative estimate of drug-likeness (QED) is 0.533. The van der Waals surface area contributed by atoms with Gasteiger partial charge in [-0.15, -0.1) is 0 Å². The van der Waals surface area contributed by atoms with E-state index in [2.05, 4.69) is 20.8 Å². The number of para-hydroxylation sites is 1. The van der Waals surface area contributed by atoms with Gasteiger partial charge in [0.1, 0.15) is 5.75 Å². The third-order valence-corrected chi connectivity index (χ3v) is 3.55. The first-order valence-corrected chi connectivity index (χ1v) is 7.42. The van der Waals surface area contributed by atoms with Gasteiger partial charge in [0.2, 0.25) is 0 Å². The number of fused-ring (bicyclic) bond motifs is 1. The number of aromatic amines is 1. The molecule has 2 amide bonds. The van der Waals surface area contributed by atoms with Crippen molar-refractivity contribution in [1.29, 1.82) is 0 Å². The van der Waals surface area contributed by atoms with Gasteiger partial charge in [-0.1, -0.05) is 12.1 Å². The van der Waals surface area contributed by atoms with Gasteiger partial charge in [-0.05, 0) is 30.3 Å². The van der Waals surface area contributed by atoms with Gasteiger partial charge < -0.3 is 15.7 Å². The molecule has 7 heteroatoms. The molecular formula is C17H16N4O3. The molecule has 3 aromatic rings. The van der Waals surface area contributed by atoms with E-state index in [0.717, 1.165) is 5.39 Å². The number of benzene rings is 2. The molecule has 0 aliphatic carbocycles. The van der Waals surface area contributed by atoms with Crippen LogP contribution in [0.5, 0.6) is 5.75 Å². The molecule has 1 heterocycles. The third-order valence-electron chi connectivity index (χ3n) is 3.55.